The molecule has 0 aliphatic heterocycles. The molecule has 0 saturated heterocycles. The van der Waals surface area contributed by atoms with Crippen LogP contribution in [0, 0.1) is 5.92 Å². The van der Waals surface area contributed by atoms with Gasteiger partial charge in [0.15, 0.2) is 0 Å². The Morgan fingerprint density at radius 2 is 1.77 bits per heavy atom. The summed E-state index contributed by atoms with van der Waals surface area (Å²) in [7, 11) is 0. The Hall–Kier alpha value is -2.62. The van der Waals surface area contributed by atoms with Crippen LogP contribution in [0.4, 0.5) is 0 Å². The van der Waals surface area contributed by atoms with E-state index in [4.69, 9.17) is 4.98 Å². The number of imidazole rings is 1. The second-order valence-electron chi connectivity index (χ2n) is 7.11. The van der Waals surface area contributed by atoms with E-state index in [-0.39, 0.29) is 5.91 Å². The quantitative estimate of drug-likeness (QED) is 0.617. The predicted octanol–water partition coefficient (Wildman–Crippen LogP) is 4.74. The Balaban J connectivity index is 1.95. The summed E-state index contributed by atoms with van der Waals surface area (Å²) in [5, 5.41) is 0. The normalized spacial score (nSPS) is 11.2. The third-order valence-electron chi connectivity index (χ3n) is 4.41. The molecule has 4 nitrogen and oxygen atoms in total. The maximum Gasteiger partial charge on any atom is 0.254 e. The topological polar surface area (TPSA) is 38.1 Å². The number of aryl methyl sites for hydroxylation is 1. The summed E-state index contributed by atoms with van der Waals surface area (Å²) < 4.78 is 2.25. The molecule has 3 aromatic rings. The molecule has 0 bridgehead atoms. The molecular formula is C22H27N3O. The minimum Gasteiger partial charge on any atom is -0.331 e. The number of aromatic nitrogens is 2. The van der Waals surface area contributed by atoms with Crippen molar-refractivity contribution >= 4 is 16.9 Å². The standard InChI is InChI=1S/C22H27N3O/c1-4-14-25-20-13-9-8-12-19(20)23-21(25)16-24(15-17(2)3)22(26)18-10-6-5-7-11-18/h5-13,17H,4,14-16H2,1-3H3. The van der Waals surface area contributed by atoms with Crippen LogP contribution in [0.3, 0.4) is 0 Å². The molecule has 136 valence electrons. The van der Waals surface area contributed by atoms with Crippen molar-refractivity contribution in [2.75, 3.05) is 6.54 Å². The summed E-state index contributed by atoms with van der Waals surface area (Å²) in [4.78, 5) is 19.8. The Labute approximate surface area is 155 Å². The predicted molar refractivity (Wildman–Crippen MR) is 106 cm³/mol. The number of benzene rings is 2. The number of fused-ring (bicyclic) bond motifs is 1. The molecule has 0 N–H and O–H groups in total. The van der Waals surface area contributed by atoms with Crippen molar-refractivity contribution in [3.8, 4) is 0 Å². The molecule has 0 fully saturated rings. The number of rotatable bonds is 7. The zero-order valence-corrected chi connectivity index (χ0v) is 15.9. The first-order chi connectivity index (χ1) is 12.6. The summed E-state index contributed by atoms with van der Waals surface area (Å²) in [6.45, 7) is 8.59. The first-order valence-corrected chi connectivity index (χ1v) is 9.38. The van der Waals surface area contributed by atoms with E-state index in [9.17, 15) is 4.79 Å². The van der Waals surface area contributed by atoms with E-state index >= 15 is 0 Å². The van der Waals surface area contributed by atoms with Gasteiger partial charge in [0, 0.05) is 18.7 Å². The fourth-order valence-electron chi connectivity index (χ4n) is 3.31. The van der Waals surface area contributed by atoms with Gasteiger partial charge in [0.05, 0.1) is 17.6 Å². The number of nitrogens with zero attached hydrogens (tertiary/aromatic N) is 3. The van der Waals surface area contributed by atoms with E-state index in [2.05, 4.69) is 31.4 Å². The van der Waals surface area contributed by atoms with Crippen molar-refractivity contribution in [3.05, 3.63) is 66.0 Å². The molecule has 1 aromatic heterocycles. The van der Waals surface area contributed by atoms with Crippen LogP contribution in [0.15, 0.2) is 54.6 Å². The second-order valence-corrected chi connectivity index (χ2v) is 7.11. The fourth-order valence-corrected chi connectivity index (χ4v) is 3.31. The Kier molecular flexibility index (Phi) is 5.71. The molecule has 0 atom stereocenters. The molecule has 0 aliphatic carbocycles. The SMILES string of the molecule is CCCn1c(CN(CC(C)C)C(=O)c2ccccc2)nc2ccccc21. The number of carbonyl (C=O) groups is 1. The van der Waals surface area contributed by atoms with Crippen LogP contribution < -0.4 is 0 Å². The van der Waals surface area contributed by atoms with Crippen molar-refractivity contribution in [2.24, 2.45) is 5.92 Å². The van der Waals surface area contributed by atoms with Crippen LogP contribution in [0.1, 0.15) is 43.4 Å². The van der Waals surface area contributed by atoms with Crippen LogP contribution in [0.5, 0.6) is 0 Å². The highest BCUT2D eigenvalue weighted by Crippen LogP contribution is 2.19. The molecule has 0 radical (unpaired) electrons. The van der Waals surface area contributed by atoms with Gasteiger partial charge in [-0.1, -0.05) is 51.1 Å². The molecule has 1 amide bonds. The van der Waals surface area contributed by atoms with Crippen LogP contribution in [0.2, 0.25) is 0 Å². The number of carbonyl (C=O) groups excluding carboxylic acids is 1. The number of hydrogen-bond donors (Lipinski definition) is 0. The van der Waals surface area contributed by atoms with Crippen LogP contribution in [-0.4, -0.2) is 26.9 Å². The van der Waals surface area contributed by atoms with Gasteiger partial charge in [0.1, 0.15) is 5.82 Å². The average molecular weight is 349 g/mol. The lowest BCUT2D eigenvalue weighted by Gasteiger charge is -2.25. The van der Waals surface area contributed by atoms with Crippen LogP contribution in [-0.2, 0) is 13.1 Å². The largest absolute Gasteiger partial charge is 0.331 e. The lowest BCUT2D eigenvalue weighted by Crippen LogP contribution is -2.34. The van der Waals surface area contributed by atoms with Gasteiger partial charge in [0.2, 0.25) is 0 Å². The maximum absolute atomic E-state index is 13.1. The van der Waals surface area contributed by atoms with Gasteiger partial charge in [-0.05, 0) is 36.6 Å². The van der Waals surface area contributed by atoms with Crippen molar-refractivity contribution < 1.29 is 4.79 Å². The van der Waals surface area contributed by atoms with E-state index in [1.807, 2.05) is 53.4 Å². The number of hydrogen-bond acceptors (Lipinski definition) is 2. The molecule has 0 spiro atoms. The fraction of sp³-hybridized carbons (Fsp3) is 0.364. The molecule has 3 rings (SSSR count). The van der Waals surface area contributed by atoms with E-state index in [0.29, 0.717) is 19.0 Å². The highest BCUT2D eigenvalue weighted by molar-refractivity contribution is 5.94. The van der Waals surface area contributed by atoms with Crippen molar-refractivity contribution in [1.82, 2.24) is 14.5 Å². The molecule has 4 heteroatoms. The van der Waals surface area contributed by atoms with Gasteiger partial charge in [-0.2, -0.15) is 0 Å². The Morgan fingerprint density at radius 1 is 1.08 bits per heavy atom. The lowest BCUT2D eigenvalue weighted by molar-refractivity contribution is 0.0716. The Morgan fingerprint density at radius 3 is 2.46 bits per heavy atom. The van der Waals surface area contributed by atoms with Gasteiger partial charge < -0.3 is 9.47 Å². The molecule has 0 unspecified atom stereocenters. The van der Waals surface area contributed by atoms with Gasteiger partial charge in [-0.3, -0.25) is 4.79 Å². The van der Waals surface area contributed by atoms with Gasteiger partial charge in [0.25, 0.3) is 5.91 Å². The Bertz CT molecular complexity index is 867. The molecule has 1 heterocycles. The van der Waals surface area contributed by atoms with Crippen LogP contribution in [0.25, 0.3) is 11.0 Å². The molecular weight excluding hydrogens is 322 g/mol. The zero-order chi connectivity index (χ0) is 18.5. The van der Waals surface area contributed by atoms with E-state index < -0.39 is 0 Å². The summed E-state index contributed by atoms with van der Waals surface area (Å²) in [5.74, 6) is 1.42. The highest BCUT2D eigenvalue weighted by atomic mass is 16.2. The minimum atomic E-state index is 0.0643. The maximum atomic E-state index is 13.1. The number of amides is 1. The lowest BCUT2D eigenvalue weighted by atomic mass is 10.1. The van der Waals surface area contributed by atoms with Crippen molar-refractivity contribution in [1.29, 1.82) is 0 Å². The smallest absolute Gasteiger partial charge is 0.254 e. The van der Waals surface area contributed by atoms with Gasteiger partial charge in [-0.25, -0.2) is 4.98 Å². The van der Waals surface area contributed by atoms with Gasteiger partial charge >= 0.3 is 0 Å². The third-order valence-corrected chi connectivity index (χ3v) is 4.41. The van der Waals surface area contributed by atoms with E-state index in [0.717, 1.165) is 35.4 Å². The van der Waals surface area contributed by atoms with Crippen molar-refractivity contribution in [2.45, 2.75) is 40.3 Å². The first kappa shape index (κ1) is 18.2. The summed E-state index contributed by atoms with van der Waals surface area (Å²) in [6.07, 6.45) is 1.03. The van der Waals surface area contributed by atoms with Gasteiger partial charge in [-0.15, -0.1) is 0 Å². The van der Waals surface area contributed by atoms with Crippen LogP contribution >= 0.6 is 0 Å². The average Bonchev–Trinajstić information content (AvgIpc) is 2.99. The second kappa shape index (κ2) is 8.17. The van der Waals surface area contributed by atoms with Crippen molar-refractivity contribution in [3.63, 3.8) is 0 Å². The molecule has 26 heavy (non-hydrogen) atoms. The highest BCUT2D eigenvalue weighted by Gasteiger charge is 2.20. The summed E-state index contributed by atoms with van der Waals surface area (Å²) >= 11 is 0. The molecule has 0 saturated carbocycles. The van der Waals surface area contributed by atoms with E-state index in [1.165, 1.54) is 0 Å². The molecule has 0 aliphatic rings. The monoisotopic (exact) mass is 349 g/mol. The minimum absolute atomic E-state index is 0.0643. The number of para-hydroxylation sites is 2. The summed E-state index contributed by atoms with van der Waals surface area (Å²) in [6, 6.07) is 17.7. The zero-order valence-electron chi connectivity index (χ0n) is 15.9. The first-order valence-electron chi connectivity index (χ1n) is 9.38. The molecule has 2 aromatic carbocycles. The third kappa shape index (κ3) is 3.96. The summed E-state index contributed by atoms with van der Waals surface area (Å²) in [5.41, 5.74) is 2.86. The van der Waals surface area contributed by atoms with E-state index in [1.54, 1.807) is 0 Å².